The van der Waals surface area contributed by atoms with Crippen molar-refractivity contribution >= 4 is 11.8 Å². The molecule has 0 aromatic carbocycles. The largest absolute Gasteiger partial charge is 0.392 e. The van der Waals surface area contributed by atoms with E-state index in [0.29, 0.717) is 12.1 Å². The molecule has 0 spiro atoms. The summed E-state index contributed by atoms with van der Waals surface area (Å²) in [6, 6.07) is 1.03. The molecule has 4 unspecified atom stereocenters. The second-order valence-corrected chi connectivity index (χ2v) is 7.14. The third kappa shape index (κ3) is 4.15. The number of nitrogens with one attached hydrogen (secondary N) is 1. The van der Waals surface area contributed by atoms with Crippen molar-refractivity contribution in [3.63, 3.8) is 0 Å². The van der Waals surface area contributed by atoms with E-state index in [4.69, 9.17) is 0 Å². The molecule has 0 saturated heterocycles. The van der Waals surface area contributed by atoms with Gasteiger partial charge < -0.3 is 10.4 Å². The molecule has 0 aromatic rings. The molecule has 2 aliphatic carbocycles. The maximum atomic E-state index is 10.1. The molecule has 17 heavy (non-hydrogen) atoms. The van der Waals surface area contributed by atoms with Crippen molar-refractivity contribution < 1.29 is 5.11 Å². The second kappa shape index (κ2) is 7.01. The van der Waals surface area contributed by atoms with E-state index in [1.807, 2.05) is 0 Å². The minimum atomic E-state index is -0.102. The van der Waals surface area contributed by atoms with Crippen LogP contribution in [-0.2, 0) is 0 Å². The van der Waals surface area contributed by atoms with Crippen LogP contribution < -0.4 is 5.32 Å². The van der Waals surface area contributed by atoms with Gasteiger partial charge in [0.1, 0.15) is 0 Å². The number of aliphatic hydroxyl groups is 1. The number of hydrogen-bond acceptors (Lipinski definition) is 3. The fraction of sp³-hybridized carbons (Fsp3) is 1.00. The minimum Gasteiger partial charge on any atom is -0.392 e. The lowest BCUT2D eigenvalue weighted by molar-refractivity contribution is 0.114. The van der Waals surface area contributed by atoms with Crippen LogP contribution >= 0.6 is 11.8 Å². The number of hydrogen-bond donors (Lipinski definition) is 2. The van der Waals surface area contributed by atoms with E-state index in [1.54, 1.807) is 0 Å². The van der Waals surface area contributed by atoms with Gasteiger partial charge in [-0.1, -0.05) is 26.2 Å². The SMILES string of the molecule is CCSC1CCC(NC2CCCCCC2O)C1. The molecule has 0 aliphatic heterocycles. The molecule has 2 aliphatic rings. The first kappa shape index (κ1) is 13.7. The molecule has 2 nitrogen and oxygen atoms in total. The highest BCUT2D eigenvalue weighted by Crippen LogP contribution is 2.30. The average molecular weight is 257 g/mol. The van der Waals surface area contributed by atoms with Crippen LogP contribution in [0.2, 0.25) is 0 Å². The van der Waals surface area contributed by atoms with E-state index < -0.39 is 0 Å². The first-order chi connectivity index (χ1) is 8.29. The highest BCUT2D eigenvalue weighted by atomic mass is 32.2. The lowest BCUT2D eigenvalue weighted by Gasteiger charge is -2.25. The molecule has 2 N–H and O–H groups in total. The Morgan fingerprint density at radius 1 is 1.12 bits per heavy atom. The van der Waals surface area contributed by atoms with Gasteiger partial charge in [-0.3, -0.25) is 0 Å². The molecule has 2 saturated carbocycles. The number of rotatable bonds is 4. The van der Waals surface area contributed by atoms with Crippen molar-refractivity contribution in [1.82, 2.24) is 5.32 Å². The van der Waals surface area contributed by atoms with E-state index in [-0.39, 0.29) is 6.10 Å². The normalized spacial score (nSPS) is 39.2. The van der Waals surface area contributed by atoms with Gasteiger partial charge in [0, 0.05) is 17.3 Å². The topological polar surface area (TPSA) is 32.3 Å². The van der Waals surface area contributed by atoms with Gasteiger partial charge in [0.2, 0.25) is 0 Å². The van der Waals surface area contributed by atoms with Crippen molar-refractivity contribution in [2.75, 3.05) is 5.75 Å². The van der Waals surface area contributed by atoms with Crippen molar-refractivity contribution in [1.29, 1.82) is 0 Å². The summed E-state index contributed by atoms with van der Waals surface area (Å²) in [6.45, 7) is 2.25. The quantitative estimate of drug-likeness (QED) is 0.760. The van der Waals surface area contributed by atoms with Crippen molar-refractivity contribution in [3.05, 3.63) is 0 Å². The molecule has 3 heteroatoms. The van der Waals surface area contributed by atoms with Gasteiger partial charge in [0.05, 0.1) is 6.10 Å². The van der Waals surface area contributed by atoms with Crippen molar-refractivity contribution in [2.45, 2.75) is 81.7 Å². The Labute approximate surface area is 110 Å². The molecule has 0 aromatic heterocycles. The molecule has 100 valence electrons. The highest BCUT2D eigenvalue weighted by Gasteiger charge is 2.29. The average Bonchev–Trinajstić information content (AvgIpc) is 2.65. The van der Waals surface area contributed by atoms with Gasteiger partial charge in [-0.25, -0.2) is 0 Å². The van der Waals surface area contributed by atoms with Crippen LogP contribution in [0.5, 0.6) is 0 Å². The smallest absolute Gasteiger partial charge is 0.0693 e. The predicted molar refractivity (Wildman–Crippen MR) is 75.6 cm³/mol. The fourth-order valence-corrected chi connectivity index (χ4v) is 4.41. The predicted octanol–water partition coefficient (Wildman–Crippen LogP) is 2.94. The summed E-state index contributed by atoms with van der Waals surface area (Å²) >= 11 is 2.11. The minimum absolute atomic E-state index is 0.102. The summed E-state index contributed by atoms with van der Waals surface area (Å²) in [5, 5.41) is 14.7. The summed E-state index contributed by atoms with van der Waals surface area (Å²) in [5.41, 5.74) is 0. The summed E-state index contributed by atoms with van der Waals surface area (Å²) in [5.74, 6) is 1.24. The Morgan fingerprint density at radius 3 is 2.76 bits per heavy atom. The van der Waals surface area contributed by atoms with Crippen LogP contribution in [0.4, 0.5) is 0 Å². The summed E-state index contributed by atoms with van der Waals surface area (Å²) in [4.78, 5) is 0. The lowest BCUT2D eigenvalue weighted by Crippen LogP contribution is -2.44. The van der Waals surface area contributed by atoms with Crippen LogP contribution in [0.1, 0.15) is 58.3 Å². The van der Waals surface area contributed by atoms with E-state index in [1.165, 1.54) is 50.7 Å². The van der Waals surface area contributed by atoms with Crippen LogP contribution in [0, 0.1) is 0 Å². The Hall–Kier alpha value is 0.270. The summed E-state index contributed by atoms with van der Waals surface area (Å²) in [7, 11) is 0. The highest BCUT2D eigenvalue weighted by molar-refractivity contribution is 7.99. The van der Waals surface area contributed by atoms with Gasteiger partial charge in [-0.15, -0.1) is 0 Å². The Bertz CT molecular complexity index is 224. The van der Waals surface area contributed by atoms with Gasteiger partial charge in [0.15, 0.2) is 0 Å². The fourth-order valence-electron chi connectivity index (χ4n) is 3.26. The van der Waals surface area contributed by atoms with Crippen LogP contribution in [0.3, 0.4) is 0 Å². The van der Waals surface area contributed by atoms with Crippen LogP contribution in [-0.4, -0.2) is 34.3 Å². The first-order valence-corrected chi connectivity index (χ1v) is 8.40. The molecule has 0 bridgehead atoms. The molecule has 2 rings (SSSR count). The van der Waals surface area contributed by atoms with E-state index >= 15 is 0 Å². The standard InChI is InChI=1S/C14H27NOS/c1-2-17-12-9-8-11(10-12)15-13-6-4-3-5-7-14(13)16/h11-16H,2-10H2,1H3. The van der Waals surface area contributed by atoms with E-state index in [0.717, 1.165) is 11.7 Å². The third-order valence-corrected chi connectivity index (χ3v) is 5.45. The monoisotopic (exact) mass is 257 g/mol. The molecular weight excluding hydrogens is 230 g/mol. The zero-order valence-corrected chi connectivity index (χ0v) is 11.8. The van der Waals surface area contributed by atoms with Crippen molar-refractivity contribution in [2.24, 2.45) is 0 Å². The van der Waals surface area contributed by atoms with E-state index in [2.05, 4.69) is 24.0 Å². The van der Waals surface area contributed by atoms with Gasteiger partial charge in [0.25, 0.3) is 0 Å². The zero-order valence-electron chi connectivity index (χ0n) is 11.0. The molecule has 2 fully saturated rings. The third-order valence-electron chi connectivity index (χ3n) is 4.22. The summed E-state index contributed by atoms with van der Waals surface area (Å²) in [6.07, 6.45) is 9.83. The van der Waals surface area contributed by atoms with Crippen LogP contribution in [0.15, 0.2) is 0 Å². The Balaban J connectivity index is 1.76. The maximum Gasteiger partial charge on any atom is 0.0693 e. The summed E-state index contributed by atoms with van der Waals surface area (Å²) < 4.78 is 0. The molecule has 0 amide bonds. The first-order valence-electron chi connectivity index (χ1n) is 7.35. The zero-order chi connectivity index (χ0) is 12.1. The molecule has 0 heterocycles. The van der Waals surface area contributed by atoms with Gasteiger partial charge in [-0.2, -0.15) is 11.8 Å². The maximum absolute atomic E-state index is 10.1. The van der Waals surface area contributed by atoms with Gasteiger partial charge >= 0.3 is 0 Å². The molecular formula is C14H27NOS. The van der Waals surface area contributed by atoms with Gasteiger partial charge in [-0.05, 0) is 37.9 Å². The van der Waals surface area contributed by atoms with E-state index in [9.17, 15) is 5.11 Å². The Kier molecular flexibility index (Phi) is 5.64. The second-order valence-electron chi connectivity index (χ2n) is 5.57. The molecule has 0 radical (unpaired) electrons. The lowest BCUT2D eigenvalue weighted by atomic mass is 10.0. The Morgan fingerprint density at radius 2 is 1.94 bits per heavy atom. The number of aliphatic hydroxyl groups excluding tert-OH is 1. The number of thioether (sulfide) groups is 1. The molecule has 4 atom stereocenters. The van der Waals surface area contributed by atoms with Crippen molar-refractivity contribution in [3.8, 4) is 0 Å². The van der Waals surface area contributed by atoms with Crippen LogP contribution in [0.25, 0.3) is 0 Å².